The van der Waals surface area contributed by atoms with Crippen molar-refractivity contribution in [3.8, 4) is 5.75 Å². The number of ether oxygens (including phenoxy) is 1. The van der Waals surface area contributed by atoms with Gasteiger partial charge in [0, 0.05) is 10.6 Å². The fourth-order valence-electron chi connectivity index (χ4n) is 4.64. The molecule has 182 valence electrons. The number of carbonyl (C=O) groups excluding carboxylic acids is 2. The number of aryl methyl sites for hydroxylation is 1. The van der Waals surface area contributed by atoms with E-state index in [1.54, 1.807) is 6.07 Å². The zero-order valence-electron chi connectivity index (χ0n) is 20.2. The van der Waals surface area contributed by atoms with Crippen molar-refractivity contribution in [1.82, 2.24) is 0 Å². The zero-order chi connectivity index (χ0) is 25.4. The van der Waals surface area contributed by atoms with Gasteiger partial charge in [-0.2, -0.15) is 0 Å². The Hall–Kier alpha value is -4.29. The van der Waals surface area contributed by atoms with Gasteiger partial charge in [0.15, 0.2) is 0 Å². The highest BCUT2D eigenvalue weighted by atomic mass is 32.2. The summed E-state index contributed by atoms with van der Waals surface area (Å²) in [5.74, 6) is 0.148. The molecule has 0 saturated carbocycles. The van der Waals surface area contributed by atoms with Crippen LogP contribution in [0.25, 0.3) is 0 Å². The van der Waals surface area contributed by atoms with Crippen molar-refractivity contribution in [3.05, 3.63) is 130 Å². The molecule has 6 heteroatoms. The standard InChI is InChI=1S/C31H24N2O3S/c1-20-8-7-11-23(18-20)33-30(34)27-28(32-25-12-5-6-13-26(25)37-29(27)31(33)35)22-14-16-24(17-15-22)36-19-21-9-3-2-4-10-21/h2-18,28,32H,19H2,1H3. The molecular formula is C31H24N2O3S. The molecule has 0 aliphatic carbocycles. The summed E-state index contributed by atoms with van der Waals surface area (Å²) in [6.07, 6.45) is 0. The average molecular weight is 505 g/mol. The number of para-hydroxylation sites is 1. The van der Waals surface area contributed by atoms with Gasteiger partial charge in [0.25, 0.3) is 11.8 Å². The molecule has 2 heterocycles. The second-order valence-corrected chi connectivity index (χ2v) is 10.1. The molecule has 0 radical (unpaired) electrons. The van der Waals surface area contributed by atoms with Crippen LogP contribution in [0.3, 0.4) is 0 Å². The number of anilines is 2. The smallest absolute Gasteiger partial charge is 0.272 e. The van der Waals surface area contributed by atoms with Gasteiger partial charge in [-0.05, 0) is 60.0 Å². The normalized spacial score (nSPS) is 16.7. The maximum atomic E-state index is 13.8. The molecule has 0 bridgehead atoms. The van der Waals surface area contributed by atoms with Crippen LogP contribution in [-0.4, -0.2) is 11.8 Å². The van der Waals surface area contributed by atoms with Gasteiger partial charge in [-0.1, -0.05) is 78.5 Å². The van der Waals surface area contributed by atoms with E-state index in [1.807, 2.05) is 104 Å². The van der Waals surface area contributed by atoms with Gasteiger partial charge >= 0.3 is 0 Å². The van der Waals surface area contributed by atoms with Crippen molar-refractivity contribution in [3.63, 3.8) is 0 Å². The fraction of sp³-hybridized carbons (Fsp3) is 0.0968. The monoisotopic (exact) mass is 504 g/mol. The predicted molar refractivity (Wildman–Crippen MR) is 147 cm³/mol. The Morgan fingerprint density at radius 1 is 0.838 bits per heavy atom. The first-order chi connectivity index (χ1) is 18.1. The number of nitrogens with zero attached hydrogens (tertiary/aromatic N) is 1. The van der Waals surface area contributed by atoms with Gasteiger partial charge in [-0.25, -0.2) is 4.90 Å². The second kappa shape index (κ2) is 9.64. The van der Waals surface area contributed by atoms with Crippen LogP contribution >= 0.6 is 11.8 Å². The Morgan fingerprint density at radius 3 is 2.38 bits per heavy atom. The number of rotatable bonds is 5. The minimum atomic E-state index is -0.486. The van der Waals surface area contributed by atoms with E-state index in [1.165, 1.54) is 16.7 Å². The maximum absolute atomic E-state index is 13.8. The fourth-order valence-corrected chi connectivity index (χ4v) is 5.74. The summed E-state index contributed by atoms with van der Waals surface area (Å²) in [4.78, 5) is 30.2. The van der Waals surface area contributed by atoms with Crippen molar-refractivity contribution in [2.75, 3.05) is 10.2 Å². The van der Waals surface area contributed by atoms with Crippen LogP contribution in [0.5, 0.6) is 5.75 Å². The second-order valence-electron chi connectivity index (χ2n) is 9.05. The Kier molecular flexibility index (Phi) is 6.02. The van der Waals surface area contributed by atoms with Crippen LogP contribution in [0.15, 0.2) is 119 Å². The van der Waals surface area contributed by atoms with E-state index in [0.29, 0.717) is 22.8 Å². The molecule has 0 saturated heterocycles. The largest absolute Gasteiger partial charge is 0.489 e. The summed E-state index contributed by atoms with van der Waals surface area (Å²) in [5.41, 5.74) is 4.89. The summed E-state index contributed by atoms with van der Waals surface area (Å²) in [6, 6.07) is 32.5. The third-order valence-electron chi connectivity index (χ3n) is 6.48. The Bertz CT molecular complexity index is 1530. The molecular weight excluding hydrogens is 480 g/mol. The molecule has 5 nitrogen and oxygen atoms in total. The number of nitrogens with one attached hydrogen (secondary N) is 1. The van der Waals surface area contributed by atoms with Crippen LogP contribution in [0.1, 0.15) is 22.7 Å². The van der Waals surface area contributed by atoms with Crippen LogP contribution in [0.4, 0.5) is 11.4 Å². The lowest BCUT2D eigenvalue weighted by Crippen LogP contribution is -2.33. The van der Waals surface area contributed by atoms with Crippen molar-refractivity contribution < 1.29 is 14.3 Å². The van der Waals surface area contributed by atoms with Crippen molar-refractivity contribution >= 4 is 35.0 Å². The predicted octanol–water partition coefficient (Wildman–Crippen LogP) is 6.66. The summed E-state index contributed by atoms with van der Waals surface area (Å²) in [6.45, 7) is 2.42. The van der Waals surface area contributed by atoms with Gasteiger partial charge in [0.2, 0.25) is 0 Å². The van der Waals surface area contributed by atoms with E-state index in [0.717, 1.165) is 33.0 Å². The number of amides is 2. The number of thioether (sulfide) groups is 1. The lowest BCUT2D eigenvalue weighted by molar-refractivity contribution is -0.120. The van der Waals surface area contributed by atoms with Crippen molar-refractivity contribution in [2.45, 2.75) is 24.5 Å². The molecule has 2 amide bonds. The van der Waals surface area contributed by atoms with Crippen LogP contribution in [0, 0.1) is 6.92 Å². The van der Waals surface area contributed by atoms with E-state index in [-0.39, 0.29) is 11.8 Å². The first-order valence-corrected chi connectivity index (χ1v) is 12.9. The minimum absolute atomic E-state index is 0.290. The number of benzene rings is 4. The molecule has 1 unspecified atom stereocenters. The average Bonchev–Trinajstić information content (AvgIpc) is 3.06. The van der Waals surface area contributed by atoms with Gasteiger partial charge in [0.05, 0.1) is 22.2 Å². The molecule has 1 N–H and O–H groups in total. The van der Waals surface area contributed by atoms with Gasteiger partial charge < -0.3 is 10.1 Å². The Labute approximate surface area is 219 Å². The topological polar surface area (TPSA) is 58.6 Å². The SMILES string of the molecule is Cc1cccc(N2C(=O)C3=C(C2=O)C(c2ccc(OCc4ccccc4)cc2)Nc2ccccc2S3)c1. The first-order valence-electron chi connectivity index (χ1n) is 12.1. The van der Waals surface area contributed by atoms with Crippen LogP contribution < -0.4 is 15.0 Å². The first kappa shape index (κ1) is 23.1. The quantitative estimate of drug-likeness (QED) is 0.308. The molecule has 0 fully saturated rings. The Morgan fingerprint density at radius 2 is 1.59 bits per heavy atom. The number of hydrogen-bond donors (Lipinski definition) is 1. The molecule has 4 aromatic carbocycles. The molecule has 2 aliphatic heterocycles. The maximum Gasteiger partial charge on any atom is 0.272 e. The minimum Gasteiger partial charge on any atom is -0.489 e. The molecule has 1 atom stereocenters. The molecule has 0 aromatic heterocycles. The lowest BCUT2D eigenvalue weighted by atomic mass is 9.98. The lowest BCUT2D eigenvalue weighted by Gasteiger charge is -2.23. The molecule has 2 aliphatic rings. The molecule has 37 heavy (non-hydrogen) atoms. The highest BCUT2D eigenvalue weighted by Crippen LogP contribution is 2.48. The van der Waals surface area contributed by atoms with Crippen molar-refractivity contribution in [1.29, 1.82) is 0 Å². The zero-order valence-corrected chi connectivity index (χ0v) is 21.0. The highest BCUT2D eigenvalue weighted by Gasteiger charge is 2.45. The van der Waals surface area contributed by atoms with Crippen LogP contribution in [-0.2, 0) is 16.2 Å². The summed E-state index contributed by atoms with van der Waals surface area (Å²) < 4.78 is 5.96. The van der Waals surface area contributed by atoms with E-state index < -0.39 is 6.04 Å². The Balaban J connectivity index is 1.35. The third-order valence-corrected chi connectivity index (χ3v) is 7.66. The van der Waals surface area contributed by atoms with E-state index in [4.69, 9.17) is 4.74 Å². The molecule has 0 spiro atoms. The van der Waals surface area contributed by atoms with Crippen molar-refractivity contribution in [2.24, 2.45) is 0 Å². The number of fused-ring (bicyclic) bond motifs is 1. The number of hydrogen-bond acceptors (Lipinski definition) is 5. The molecule has 6 rings (SSSR count). The van der Waals surface area contributed by atoms with Gasteiger partial charge in [-0.15, -0.1) is 0 Å². The number of imide groups is 1. The third kappa shape index (κ3) is 4.41. The summed E-state index contributed by atoms with van der Waals surface area (Å²) in [5, 5.41) is 3.54. The van der Waals surface area contributed by atoms with E-state index in [9.17, 15) is 9.59 Å². The van der Waals surface area contributed by atoms with Gasteiger partial charge in [0.1, 0.15) is 12.4 Å². The summed E-state index contributed by atoms with van der Waals surface area (Å²) in [7, 11) is 0. The van der Waals surface area contributed by atoms with Gasteiger partial charge in [-0.3, -0.25) is 9.59 Å². The van der Waals surface area contributed by atoms with E-state index in [2.05, 4.69) is 5.32 Å². The van der Waals surface area contributed by atoms with E-state index >= 15 is 0 Å². The van der Waals surface area contributed by atoms with Crippen LogP contribution in [0.2, 0.25) is 0 Å². The highest BCUT2D eigenvalue weighted by molar-refractivity contribution is 8.04. The number of carbonyl (C=O) groups is 2. The molecule has 4 aromatic rings. The summed E-state index contributed by atoms with van der Waals surface area (Å²) >= 11 is 1.35.